The predicted molar refractivity (Wildman–Crippen MR) is 111 cm³/mol. The van der Waals surface area contributed by atoms with Crippen LogP contribution in [0.25, 0.3) is 5.69 Å². The highest BCUT2D eigenvalue weighted by atomic mass is 35.5. The lowest BCUT2D eigenvalue weighted by atomic mass is 10.2. The molecule has 0 N–H and O–H groups in total. The van der Waals surface area contributed by atoms with Gasteiger partial charge in [-0.2, -0.15) is 9.78 Å². The van der Waals surface area contributed by atoms with Crippen LogP contribution in [0.2, 0.25) is 5.02 Å². The molecule has 2 heterocycles. The Morgan fingerprint density at radius 1 is 1.06 bits per heavy atom. The van der Waals surface area contributed by atoms with Gasteiger partial charge in [-0.25, -0.2) is 9.18 Å². The van der Waals surface area contributed by atoms with Crippen molar-refractivity contribution >= 4 is 17.5 Å². The van der Waals surface area contributed by atoms with Crippen LogP contribution in [0, 0.1) is 5.82 Å². The summed E-state index contributed by atoms with van der Waals surface area (Å²) in [5, 5.41) is 4.43. The van der Waals surface area contributed by atoms with Crippen LogP contribution in [-0.2, 0) is 11.3 Å². The SMILES string of the molecule is O=C(c1nn(-c2ccc(F)cc2)c(=O)n(Cc2ccccc2Cl)c1=O)N1CCOCC1. The summed E-state index contributed by atoms with van der Waals surface area (Å²) in [7, 11) is 0. The summed E-state index contributed by atoms with van der Waals surface area (Å²) in [6.45, 7) is 1.15. The van der Waals surface area contributed by atoms with Gasteiger partial charge in [-0.05, 0) is 35.9 Å². The Morgan fingerprint density at radius 3 is 2.42 bits per heavy atom. The number of rotatable bonds is 4. The Balaban J connectivity index is 1.88. The van der Waals surface area contributed by atoms with Crippen molar-refractivity contribution in [2.45, 2.75) is 6.54 Å². The molecule has 1 aromatic heterocycles. The molecule has 4 rings (SSSR count). The van der Waals surface area contributed by atoms with Crippen LogP contribution in [0.1, 0.15) is 16.1 Å². The normalized spacial score (nSPS) is 13.9. The van der Waals surface area contributed by atoms with E-state index in [0.29, 0.717) is 36.9 Å². The van der Waals surface area contributed by atoms with Crippen LogP contribution in [-0.4, -0.2) is 51.5 Å². The van der Waals surface area contributed by atoms with Crippen molar-refractivity contribution in [3.63, 3.8) is 0 Å². The van der Waals surface area contributed by atoms with Crippen molar-refractivity contribution in [1.82, 2.24) is 19.2 Å². The van der Waals surface area contributed by atoms with E-state index in [1.54, 1.807) is 24.3 Å². The minimum atomic E-state index is -0.820. The van der Waals surface area contributed by atoms with E-state index in [1.807, 2.05) is 0 Å². The third kappa shape index (κ3) is 4.28. The van der Waals surface area contributed by atoms with Gasteiger partial charge in [0.05, 0.1) is 25.4 Å². The summed E-state index contributed by atoms with van der Waals surface area (Å²) < 4.78 is 20.5. The number of ether oxygens (including phenoxy) is 1. The quantitative estimate of drug-likeness (QED) is 0.611. The molecule has 1 aliphatic rings. The van der Waals surface area contributed by atoms with Crippen LogP contribution < -0.4 is 11.2 Å². The van der Waals surface area contributed by atoms with E-state index in [4.69, 9.17) is 16.3 Å². The van der Waals surface area contributed by atoms with Gasteiger partial charge in [0.15, 0.2) is 0 Å². The number of halogens is 2. The molecule has 1 aliphatic heterocycles. The standard InChI is InChI=1S/C21H18ClFN4O4/c22-17-4-2-1-3-14(17)13-26-20(29)18(19(28)25-9-11-31-12-10-25)24-27(21(26)30)16-7-5-15(23)6-8-16/h1-8H,9-13H2. The zero-order chi connectivity index (χ0) is 22.0. The summed E-state index contributed by atoms with van der Waals surface area (Å²) in [4.78, 5) is 40.7. The number of nitrogens with zero attached hydrogens (tertiary/aromatic N) is 4. The van der Waals surface area contributed by atoms with Gasteiger partial charge in [-0.3, -0.25) is 14.2 Å². The van der Waals surface area contributed by atoms with Crippen LogP contribution in [0.5, 0.6) is 0 Å². The number of carbonyl (C=O) groups is 1. The van der Waals surface area contributed by atoms with Crippen molar-refractivity contribution < 1.29 is 13.9 Å². The lowest BCUT2D eigenvalue weighted by Crippen LogP contribution is -2.48. The highest BCUT2D eigenvalue weighted by Gasteiger charge is 2.26. The minimum Gasteiger partial charge on any atom is -0.378 e. The van der Waals surface area contributed by atoms with Gasteiger partial charge in [-0.1, -0.05) is 29.8 Å². The molecule has 3 aromatic rings. The molecule has 0 atom stereocenters. The zero-order valence-electron chi connectivity index (χ0n) is 16.3. The molecule has 2 aromatic carbocycles. The van der Waals surface area contributed by atoms with Gasteiger partial charge in [0, 0.05) is 18.1 Å². The molecular formula is C21H18ClFN4O4. The number of aromatic nitrogens is 3. The third-order valence-corrected chi connectivity index (χ3v) is 5.29. The van der Waals surface area contributed by atoms with E-state index in [0.717, 1.165) is 21.4 Å². The largest absolute Gasteiger partial charge is 0.378 e. The van der Waals surface area contributed by atoms with Gasteiger partial charge >= 0.3 is 5.69 Å². The van der Waals surface area contributed by atoms with Gasteiger partial charge in [0.2, 0.25) is 5.69 Å². The summed E-state index contributed by atoms with van der Waals surface area (Å²) in [6, 6.07) is 11.8. The molecule has 1 fully saturated rings. The van der Waals surface area contributed by atoms with E-state index in [9.17, 15) is 18.8 Å². The van der Waals surface area contributed by atoms with Gasteiger partial charge in [0.1, 0.15) is 5.82 Å². The molecule has 0 aliphatic carbocycles. The van der Waals surface area contributed by atoms with Gasteiger partial charge < -0.3 is 9.64 Å². The molecule has 160 valence electrons. The average molecular weight is 445 g/mol. The summed E-state index contributed by atoms with van der Waals surface area (Å²) in [5.41, 5.74) is -1.24. The van der Waals surface area contributed by atoms with E-state index in [1.165, 1.54) is 17.0 Å². The van der Waals surface area contributed by atoms with Crippen LogP contribution in [0.4, 0.5) is 4.39 Å². The van der Waals surface area contributed by atoms with E-state index in [-0.39, 0.29) is 12.2 Å². The molecule has 0 unspecified atom stereocenters. The molecule has 0 saturated carbocycles. The molecule has 8 nitrogen and oxygen atoms in total. The van der Waals surface area contributed by atoms with Gasteiger partial charge in [-0.15, -0.1) is 0 Å². The number of carbonyl (C=O) groups excluding carboxylic acids is 1. The zero-order valence-corrected chi connectivity index (χ0v) is 17.1. The Labute approximate surface area is 181 Å². The molecule has 31 heavy (non-hydrogen) atoms. The fourth-order valence-electron chi connectivity index (χ4n) is 3.25. The smallest absolute Gasteiger partial charge is 0.352 e. The topological polar surface area (TPSA) is 86.4 Å². The maximum atomic E-state index is 13.4. The summed E-state index contributed by atoms with van der Waals surface area (Å²) in [5.74, 6) is -1.09. The Bertz CT molecular complexity index is 1230. The van der Waals surface area contributed by atoms with E-state index < -0.39 is 28.7 Å². The van der Waals surface area contributed by atoms with E-state index >= 15 is 0 Å². The first kappa shape index (κ1) is 21.0. The fraction of sp³-hybridized carbons (Fsp3) is 0.238. The first-order valence-electron chi connectivity index (χ1n) is 9.56. The molecule has 10 heteroatoms. The molecule has 0 spiro atoms. The van der Waals surface area contributed by atoms with Crippen LogP contribution in [0.3, 0.4) is 0 Å². The second-order valence-corrected chi connectivity index (χ2v) is 7.31. The molecule has 0 radical (unpaired) electrons. The van der Waals surface area contributed by atoms with Crippen molar-refractivity contribution in [3.05, 3.63) is 91.5 Å². The number of benzene rings is 2. The number of amides is 1. The lowest BCUT2D eigenvalue weighted by Gasteiger charge is -2.26. The maximum absolute atomic E-state index is 13.4. The monoisotopic (exact) mass is 444 g/mol. The van der Waals surface area contributed by atoms with Crippen LogP contribution >= 0.6 is 11.6 Å². The van der Waals surface area contributed by atoms with Crippen molar-refractivity contribution in [3.8, 4) is 5.69 Å². The average Bonchev–Trinajstić information content (AvgIpc) is 2.79. The number of morpholine rings is 1. The minimum absolute atomic E-state index is 0.148. The Morgan fingerprint density at radius 2 is 1.74 bits per heavy atom. The molecular weight excluding hydrogens is 427 g/mol. The summed E-state index contributed by atoms with van der Waals surface area (Å²) >= 11 is 6.21. The third-order valence-electron chi connectivity index (χ3n) is 4.92. The second kappa shape index (κ2) is 8.83. The Hall–Kier alpha value is -3.30. The molecule has 1 saturated heterocycles. The fourth-order valence-corrected chi connectivity index (χ4v) is 3.45. The summed E-state index contributed by atoms with van der Waals surface area (Å²) in [6.07, 6.45) is 0. The second-order valence-electron chi connectivity index (χ2n) is 6.91. The highest BCUT2D eigenvalue weighted by Crippen LogP contribution is 2.15. The first-order chi connectivity index (χ1) is 15.0. The van der Waals surface area contributed by atoms with E-state index in [2.05, 4.69) is 5.10 Å². The Kier molecular flexibility index (Phi) is 5.97. The maximum Gasteiger partial charge on any atom is 0.352 e. The van der Waals surface area contributed by atoms with Crippen molar-refractivity contribution in [2.75, 3.05) is 26.3 Å². The van der Waals surface area contributed by atoms with Gasteiger partial charge in [0.25, 0.3) is 11.5 Å². The first-order valence-corrected chi connectivity index (χ1v) is 9.94. The molecule has 1 amide bonds. The number of hydrogen-bond acceptors (Lipinski definition) is 5. The predicted octanol–water partition coefficient (Wildman–Crippen LogP) is 1.71. The lowest BCUT2D eigenvalue weighted by molar-refractivity contribution is 0.0295. The van der Waals surface area contributed by atoms with Crippen LogP contribution in [0.15, 0.2) is 58.1 Å². The van der Waals surface area contributed by atoms with Crippen molar-refractivity contribution in [2.24, 2.45) is 0 Å². The molecule has 0 bridgehead atoms. The van der Waals surface area contributed by atoms with Crippen molar-refractivity contribution in [1.29, 1.82) is 0 Å². The highest BCUT2D eigenvalue weighted by molar-refractivity contribution is 6.31. The number of hydrogen-bond donors (Lipinski definition) is 0.